The fourth-order valence-corrected chi connectivity index (χ4v) is 2.54. The van der Waals surface area contributed by atoms with Crippen LogP contribution < -0.4 is 16.4 Å². The Morgan fingerprint density at radius 3 is 2.23 bits per heavy atom. The largest absolute Gasteiger partial charge is 0.368 e. The second-order valence-electron chi connectivity index (χ2n) is 5.60. The van der Waals surface area contributed by atoms with Gasteiger partial charge in [0.05, 0.1) is 0 Å². The summed E-state index contributed by atoms with van der Waals surface area (Å²) in [7, 11) is 0. The smallest absolute Gasteiger partial charge is 0.252 e. The highest BCUT2D eigenvalue weighted by atomic mass is 32.1. The summed E-state index contributed by atoms with van der Waals surface area (Å²) >= 11 is 4.11. The van der Waals surface area contributed by atoms with Gasteiger partial charge < -0.3 is 16.4 Å². The molecule has 1 aromatic heterocycles. The molecular weight excluding hydrogens is 352 g/mol. The first-order valence-electron chi connectivity index (χ1n) is 7.96. The monoisotopic (exact) mass is 372 g/mol. The molecule has 3 amide bonds. The van der Waals surface area contributed by atoms with Crippen molar-refractivity contribution in [2.75, 3.05) is 5.75 Å². The maximum atomic E-state index is 12.5. The summed E-state index contributed by atoms with van der Waals surface area (Å²) in [5.74, 6) is -1.54. The lowest BCUT2D eigenvalue weighted by molar-refractivity contribution is -0.128. The van der Waals surface area contributed by atoms with Gasteiger partial charge in [0.25, 0.3) is 5.91 Å². The first kappa shape index (κ1) is 19.5. The molecule has 0 aliphatic rings. The third-order valence-corrected chi connectivity index (χ3v) is 4.05. The Hall–Kier alpha value is -2.87. The van der Waals surface area contributed by atoms with Crippen molar-refractivity contribution in [1.29, 1.82) is 0 Å². The number of nitrogens with zero attached hydrogens (tertiary/aromatic N) is 1. The average molecular weight is 372 g/mol. The first-order chi connectivity index (χ1) is 12.5. The van der Waals surface area contributed by atoms with E-state index < -0.39 is 29.8 Å². The number of benzene rings is 1. The van der Waals surface area contributed by atoms with Crippen LogP contribution in [0.15, 0.2) is 54.9 Å². The lowest BCUT2D eigenvalue weighted by Crippen LogP contribution is -2.54. The van der Waals surface area contributed by atoms with Gasteiger partial charge in [-0.25, -0.2) is 0 Å². The van der Waals surface area contributed by atoms with Gasteiger partial charge in [-0.2, -0.15) is 12.6 Å². The predicted molar refractivity (Wildman–Crippen MR) is 101 cm³/mol. The molecule has 26 heavy (non-hydrogen) atoms. The van der Waals surface area contributed by atoms with Gasteiger partial charge in [-0.05, 0) is 17.7 Å². The first-order valence-corrected chi connectivity index (χ1v) is 8.60. The van der Waals surface area contributed by atoms with E-state index in [1.165, 1.54) is 24.5 Å². The molecule has 2 atom stereocenters. The number of primary amides is 1. The maximum Gasteiger partial charge on any atom is 0.252 e. The number of carbonyl (C=O) groups is 3. The lowest BCUT2D eigenvalue weighted by atomic mass is 10.1. The van der Waals surface area contributed by atoms with E-state index in [1.807, 2.05) is 30.3 Å². The standard InChI is InChI=1S/C18H20N4O3S/c19-16(23)14(10-12-4-2-1-3-5-12)21-18(25)15(11-26)22-17(24)13-6-8-20-9-7-13/h1-9,14-15,26H,10-11H2,(H2,19,23)(H,21,25)(H,22,24)/t14-,15-/m0/s1. The highest BCUT2D eigenvalue weighted by Crippen LogP contribution is 2.04. The fraction of sp³-hybridized carbons (Fsp3) is 0.222. The maximum absolute atomic E-state index is 12.5. The number of rotatable bonds is 8. The summed E-state index contributed by atoms with van der Waals surface area (Å²) in [6.45, 7) is 0. The molecule has 0 fully saturated rings. The Morgan fingerprint density at radius 2 is 1.65 bits per heavy atom. The number of thiol groups is 1. The zero-order valence-electron chi connectivity index (χ0n) is 14.0. The van der Waals surface area contributed by atoms with Gasteiger partial charge in [-0.3, -0.25) is 19.4 Å². The number of aromatic nitrogens is 1. The molecule has 8 heteroatoms. The molecule has 136 valence electrons. The van der Waals surface area contributed by atoms with Gasteiger partial charge in [0.15, 0.2) is 0 Å². The Bertz CT molecular complexity index is 756. The van der Waals surface area contributed by atoms with Crippen molar-refractivity contribution in [2.45, 2.75) is 18.5 Å². The molecule has 0 saturated heterocycles. The highest BCUT2D eigenvalue weighted by Gasteiger charge is 2.25. The zero-order chi connectivity index (χ0) is 18.9. The molecule has 7 nitrogen and oxygen atoms in total. The van der Waals surface area contributed by atoms with Gasteiger partial charge in [-0.15, -0.1) is 0 Å². The van der Waals surface area contributed by atoms with Gasteiger partial charge in [0, 0.05) is 30.1 Å². The summed E-state index contributed by atoms with van der Waals surface area (Å²) in [6, 6.07) is 10.5. The van der Waals surface area contributed by atoms with Crippen molar-refractivity contribution in [3.05, 3.63) is 66.0 Å². The van der Waals surface area contributed by atoms with Crippen LogP contribution in [0.5, 0.6) is 0 Å². The van der Waals surface area contributed by atoms with Gasteiger partial charge >= 0.3 is 0 Å². The van der Waals surface area contributed by atoms with Crippen molar-refractivity contribution in [1.82, 2.24) is 15.6 Å². The van der Waals surface area contributed by atoms with Crippen LogP contribution in [-0.4, -0.2) is 40.5 Å². The number of carbonyl (C=O) groups excluding carboxylic acids is 3. The third-order valence-electron chi connectivity index (χ3n) is 3.69. The van der Waals surface area contributed by atoms with Crippen molar-refractivity contribution in [3.63, 3.8) is 0 Å². The van der Waals surface area contributed by atoms with Crippen LogP contribution >= 0.6 is 12.6 Å². The van der Waals surface area contributed by atoms with Crippen LogP contribution in [-0.2, 0) is 16.0 Å². The number of nitrogens with one attached hydrogen (secondary N) is 2. The Balaban J connectivity index is 2.01. The molecule has 0 aliphatic carbocycles. The van der Waals surface area contributed by atoms with E-state index in [-0.39, 0.29) is 12.2 Å². The second kappa shape index (κ2) is 9.57. The topological polar surface area (TPSA) is 114 Å². The van der Waals surface area contributed by atoms with E-state index in [0.29, 0.717) is 5.56 Å². The molecule has 0 bridgehead atoms. The number of hydrogen-bond donors (Lipinski definition) is 4. The van der Waals surface area contributed by atoms with Gasteiger partial charge in [0.1, 0.15) is 12.1 Å². The number of pyridine rings is 1. The third kappa shape index (κ3) is 5.59. The number of nitrogens with two attached hydrogens (primary N) is 1. The Morgan fingerprint density at radius 1 is 1.00 bits per heavy atom. The zero-order valence-corrected chi connectivity index (χ0v) is 14.9. The van der Waals surface area contributed by atoms with Crippen molar-refractivity contribution < 1.29 is 14.4 Å². The molecule has 0 saturated carbocycles. The number of hydrogen-bond acceptors (Lipinski definition) is 5. The Kier molecular flexibility index (Phi) is 7.16. The minimum Gasteiger partial charge on any atom is -0.368 e. The molecule has 0 spiro atoms. The highest BCUT2D eigenvalue weighted by molar-refractivity contribution is 7.80. The summed E-state index contributed by atoms with van der Waals surface area (Å²) in [5, 5.41) is 5.17. The van der Waals surface area contributed by atoms with Crippen LogP contribution in [0.4, 0.5) is 0 Å². The summed E-state index contributed by atoms with van der Waals surface area (Å²) in [6.07, 6.45) is 3.22. The van der Waals surface area contributed by atoms with Crippen molar-refractivity contribution in [3.8, 4) is 0 Å². The molecule has 0 unspecified atom stereocenters. The SMILES string of the molecule is NC(=O)[C@H](Cc1ccccc1)NC(=O)[C@H](CS)NC(=O)c1ccncc1. The molecule has 0 aliphatic heterocycles. The molecule has 1 heterocycles. The summed E-state index contributed by atoms with van der Waals surface area (Å²) < 4.78 is 0. The molecule has 2 rings (SSSR count). The van der Waals surface area contributed by atoms with Crippen LogP contribution in [0.2, 0.25) is 0 Å². The molecule has 2 aromatic rings. The van der Waals surface area contributed by atoms with E-state index in [4.69, 9.17) is 5.73 Å². The fourth-order valence-electron chi connectivity index (χ4n) is 2.28. The molecular formula is C18H20N4O3S. The summed E-state index contributed by atoms with van der Waals surface area (Å²) in [5.41, 5.74) is 6.63. The molecule has 4 N–H and O–H groups in total. The van der Waals surface area contributed by atoms with E-state index in [1.54, 1.807) is 0 Å². The van der Waals surface area contributed by atoms with Crippen LogP contribution in [0, 0.1) is 0 Å². The van der Waals surface area contributed by atoms with E-state index in [9.17, 15) is 14.4 Å². The molecule has 0 radical (unpaired) electrons. The quantitative estimate of drug-likeness (QED) is 0.500. The van der Waals surface area contributed by atoms with Gasteiger partial charge in [-0.1, -0.05) is 30.3 Å². The van der Waals surface area contributed by atoms with E-state index in [0.717, 1.165) is 5.56 Å². The van der Waals surface area contributed by atoms with Crippen molar-refractivity contribution >= 4 is 30.4 Å². The van der Waals surface area contributed by atoms with Crippen LogP contribution in [0.1, 0.15) is 15.9 Å². The van der Waals surface area contributed by atoms with Gasteiger partial charge in [0.2, 0.25) is 11.8 Å². The normalized spacial score (nSPS) is 12.7. The van der Waals surface area contributed by atoms with Crippen LogP contribution in [0.25, 0.3) is 0 Å². The lowest BCUT2D eigenvalue weighted by Gasteiger charge is -2.21. The minimum absolute atomic E-state index is 0.0689. The summed E-state index contributed by atoms with van der Waals surface area (Å²) in [4.78, 5) is 40.2. The van der Waals surface area contributed by atoms with Crippen molar-refractivity contribution in [2.24, 2.45) is 5.73 Å². The average Bonchev–Trinajstić information content (AvgIpc) is 2.66. The predicted octanol–water partition coefficient (Wildman–Crippen LogP) is 0.323. The minimum atomic E-state index is -0.906. The molecule has 1 aromatic carbocycles. The van der Waals surface area contributed by atoms with E-state index in [2.05, 4.69) is 28.2 Å². The van der Waals surface area contributed by atoms with Crippen LogP contribution in [0.3, 0.4) is 0 Å². The Labute approximate surface area is 156 Å². The number of amides is 3. The second-order valence-corrected chi connectivity index (χ2v) is 5.96. The van der Waals surface area contributed by atoms with E-state index >= 15 is 0 Å².